The highest BCUT2D eigenvalue weighted by Crippen LogP contribution is 2.27. The van der Waals surface area contributed by atoms with Crippen LogP contribution in [-0.2, 0) is 6.54 Å². The third-order valence-corrected chi connectivity index (χ3v) is 4.33. The molecule has 0 aliphatic carbocycles. The maximum Gasteiger partial charge on any atom is 0.115 e. The van der Waals surface area contributed by atoms with E-state index in [4.69, 9.17) is 0 Å². The molecule has 2 N–H and O–H groups in total. The van der Waals surface area contributed by atoms with Gasteiger partial charge in [0.25, 0.3) is 0 Å². The molecule has 2 aliphatic rings. The largest absolute Gasteiger partial charge is 0.508 e. The molecule has 1 aromatic carbocycles. The highest BCUT2D eigenvalue weighted by molar-refractivity contribution is 5.26. The van der Waals surface area contributed by atoms with Crippen molar-refractivity contribution in [1.82, 2.24) is 10.2 Å². The SMILES string of the molecule is Oc1cccc(CNC2CCN3CCCC3C2)c1. The first-order valence-electron chi connectivity index (χ1n) is 7.06. The number of hydrogen-bond acceptors (Lipinski definition) is 3. The monoisotopic (exact) mass is 246 g/mol. The fraction of sp³-hybridized carbons (Fsp3) is 0.600. The molecule has 0 saturated carbocycles. The number of phenolic OH excluding ortho intramolecular Hbond substituents is 1. The van der Waals surface area contributed by atoms with Gasteiger partial charge < -0.3 is 15.3 Å². The first-order valence-corrected chi connectivity index (χ1v) is 7.06. The zero-order valence-corrected chi connectivity index (χ0v) is 10.8. The molecule has 2 aliphatic heterocycles. The molecule has 98 valence electrons. The summed E-state index contributed by atoms with van der Waals surface area (Å²) in [5, 5.41) is 13.1. The van der Waals surface area contributed by atoms with Crippen molar-refractivity contribution in [3.05, 3.63) is 29.8 Å². The first kappa shape index (κ1) is 12.0. The predicted octanol–water partition coefficient (Wildman–Crippen LogP) is 2.11. The molecule has 0 bridgehead atoms. The van der Waals surface area contributed by atoms with Gasteiger partial charge in [-0.1, -0.05) is 12.1 Å². The topological polar surface area (TPSA) is 35.5 Å². The summed E-state index contributed by atoms with van der Waals surface area (Å²) >= 11 is 0. The van der Waals surface area contributed by atoms with E-state index in [1.54, 1.807) is 6.07 Å². The number of hydrogen-bond donors (Lipinski definition) is 2. The molecule has 0 radical (unpaired) electrons. The molecule has 3 nitrogen and oxygen atoms in total. The highest BCUT2D eigenvalue weighted by Gasteiger charge is 2.31. The smallest absolute Gasteiger partial charge is 0.115 e. The van der Waals surface area contributed by atoms with Crippen LogP contribution in [0.15, 0.2) is 24.3 Å². The molecule has 3 heteroatoms. The van der Waals surface area contributed by atoms with E-state index < -0.39 is 0 Å². The average Bonchev–Trinajstić information content (AvgIpc) is 2.84. The van der Waals surface area contributed by atoms with Gasteiger partial charge in [-0.05, 0) is 56.5 Å². The summed E-state index contributed by atoms with van der Waals surface area (Å²) in [5.74, 6) is 0.361. The van der Waals surface area contributed by atoms with Crippen LogP contribution in [-0.4, -0.2) is 35.2 Å². The molecule has 2 unspecified atom stereocenters. The van der Waals surface area contributed by atoms with E-state index in [0.717, 1.165) is 12.6 Å². The average molecular weight is 246 g/mol. The number of piperidine rings is 1. The predicted molar refractivity (Wildman–Crippen MR) is 72.6 cm³/mol. The molecule has 2 heterocycles. The van der Waals surface area contributed by atoms with Crippen LogP contribution in [0, 0.1) is 0 Å². The Kier molecular flexibility index (Phi) is 3.52. The Balaban J connectivity index is 1.51. The minimum absolute atomic E-state index is 0.361. The summed E-state index contributed by atoms with van der Waals surface area (Å²) in [4.78, 5) is 2.65. The molecule has 18 heavy (non-hydrogen) atoms. The number of aromatic hydroxyl groups is 1. The lowest BCUT2D eigenvalue weighted by atomic mass is 9.97. The summed E-state index contributed by atoms with van der Waals surface area (Å²) in [5.41, 5.74) is 1.17. The van der Waals surface area contributed by atoms with Crippen molar-refractivity contribution in [2.24, 2.45) is 0 Å². The fourth-order valence-electron chi connectivity index (χ4n) is 3.34. The van der Waals surface area contributed by atoms with Crippen molar-refractivity contribution < 1.29 is 5.11 Å². The van der Waals surface area contributed by atoms with Gasteiger partial charge in [-0.15, -0.1) is 0 Å². The molecule has 2 saturated heterocycles. The van der Waals surface area contributed by atoms with Gasteiger partial charge in [0.2, 0.25) is 0 Å². The summed E-state index contributed by atoms with van der Waals surface area (Å²) < 4.78 is 0. The number of phenols is 1. The molecule has 0 spiro atoms. The molecule has 1 aromatic rings. The van der Waals surface area contributed by atoms with Gasteiger partial charge in [0.1, 0.15) is 5.75 Å². The van der Waals surface area contributed by atoms with E-state index in [-0.39, 0.29) is 0 Å². The van der Waals surface area contributed by atoms with Crippen LogP contribution >= 0.6 is 0 Å². The summed E-state index contributed by atoms with van der Waals surface area (Å²) in [6, 6.07) is 9.01. The number of nitrogens with one attached hydrogen (secondary N) is 1. The lowest BCUT2D eigenvalue weighted by Crippen LogP contribution is -2.45. The van der Waals surface area contributed by atoms with Gasteiger partial charge in [0, 0.05) is 18.6 Å². The van der Waals surface area contributed by atoms with Gasteiger partial charge >= 0.3 is 0 Å². The van der Waals surface area contributed by atoms with Gasteiger partial charge in [0.15, 0.2) is 0 Å². The van der Waals surface area contributed by atoms with E-state index in [1.165, 1.54) is 44.3 Å². The fourth-order valence-corrected chi connectivity index (χ4v) is 3.34. The molecule has 2 atom stereocenters. The Labute approximate surface area is 109 Å². The van der Waals surface area contributed by atoms with Crippen LogP contribution in [0.4, 0.5) is 0 Å². The van der Waals surface area contributed by atoms with Gasteiger partial charge in [-0.25, -0.2) is 0 Å². The normalized spacial score (nSPS) is 28.2. The lowest BCUT2D eigenvalue weighted by molar-refractivity contribution is 0.166. The van der Waals surface area contributed by atoms with Crippen LogP contribution < -0.4 is 5.32 Å². The van der Waals surface area contributed by atoms with Crippen LogP contribution in [0.25, 0.3) is 0 Å². The number of rotatable bonds is 3. The van der Waals surface area contributed by atoms with E-state index in [1.807, 2.05) is 12.1 Å². The van der Waals surface area contributed by atoms with E-state index in [0.29, 0.717) is 11.8 Å². The second-order valence-electron chi connectivity index (χ2n) is 5.60. The molecule has 0 aromatic heterocycles. The van der Waals surface area contributed by atoms with E-state index >= 15 is 0 Å². The van der Waals surface area contributed by atoms with Crippen molar-refractivity contribution in [1.29, 1.82) is 0 Å². The van der Waals surface area contributed by atoms with Crippen molar-refractivity contribution >= 4 is 0 Å². The standard InChI is InChI=1S/C15H22N2O/c18-15-5-1-3-12(9-15)11-16-13-6-8-17-7-2-4-14(17)10-13/h1,3,5,9,13-14,16,18H,2,4,6-8,10-11H2. The Morgan fingerprint density at radius 3 is 3.11 bits per heavy atom. The van der Waals surface area contributed by atoms with Crippen molar-refractivity contribution in [2.75, 3.05) is 13.1 Å². The second kappa shape index (κ2) is 5.29. The van der Waals surface area contributed by atoms with Crippen molar-refractivity contribution in [3.8, 4) is 5.75 Å². The molecular weight excluding hydrogens is 224 g/mol. The zero-order valence-electron chi connectivity index (χ0n) is 10.8. The Hall–Kier alpha value is -1.06. The lowest BCUT2D eigenvalue weighted by Gasteiger charge is -2.35. The van der Waals surface area contributed by atoms with Crippen LogP contribution in [0.3, 0.4) is 0 Å². The quantitative estimate of drug-likeness (QED) is 0.857. The molecule has 3 rings (SSSR count). The van der Waals surface area contributed by atoms with Crippen LogP contribution in [0.1, 0.15) is 31.2 Å². The van der Waals surface area contributed by atoms with Crippen LogP contribution in [0.5, 0.6) is 5.75 Å². The molecular formula is C15H22N2O. The Bertz CT molecular complexity index is 407. The number of fused-ring (bicyclic) bond motifs is 1. The third-order valence-electron chi connectivity index (χ3n) is 4.33. The summed E-state index contributed by atoms with van der Waals surface area (Å²) in [6.45, 7) is 3.43. The number of nitrogens with zero attached hydrogens (tertiary/aromatic N) is 1. The summed E-state index contributed by atoms with van der Waals surface area (Å²) in [6.07, 6.45) is 5.31. The van der Waals surface area contributed by atoms with Gasteiger partial charge in [-0.2, -0.15) is 0 Å². The minimum atomic E-state index is 0.361. The zero-order chi connectivity index (χ0) is 12.4. The van der Waals surface area contributed by atoms with Gasteiger partial charge in [-0.3, -0.25) is 0 Å². The summed E-state index contributed by atoms with van der Waals surface area (Å²) in [7, 11) is 0. The van der Waals surface area contributed by atoms with Crippen LogP contribution in [0.2, 0.25) is 0 Å². The van der Waals surface area contributed by atoms with E-state index in [9.17, 15) is 5.11 Å². The molecule has 0 amide bonds. The van der Waals surface area contributed by atoms with Gasteiger partial charge in [0.05, 0.1) is 0 Å². The third kappa shape index (κ3) is 2.68. The Morgan fingerprint density at radius 2 is 2.22 bits per heavy atom. The Morgan fingerprint density at radius 1 is 1.28 bits per heavy atom. The van der Waals surface area contributed by atoms with E-state index in [2.05, 4.69) is 16.3 Å². The first-order chi connectivity index (χ1) is 8.81. The maximum atomic E-state index is 9.44. The highest BCUT2D eigenvalue weighted by atomic mass is 16.3. The number of benzene rings is 1. The second-order valence-corrected chi connectivity index (χ2v) is 5.60. The minimum Gasteiger partial charge on any atom is -0.508 e. The van der Waals surface area contributed by atoms with Crippen molar-refractivity contribution in [2.45, 2.75) is 44.3 Å². The molecule has 2 fully saturated rings. The van der Waals surface area contributed by atoms with Crippen molar-refractivity contribution in [3.63, 3.8) is 0 Å². The maximum absolute atomic E-state index is 9.44.